The van der Waals surface area contributed by atoms with Gasteiger partial charge in [-0.3, -0.25) is 4.79 Å². The topological polar surface area (TPSA) is 49.3 Å². The van der Waals surface area contributed by atoms with Crippen LogP contribution < -0.4 is 5.32 Å². The summed E-state index contributed by atoms with van der Waals surface area (Å²) in [6.07, 6.45) is 0. The fraction of sp³-hybridized carbons (Fsp3) is 0.364. The Morgan fingerprint density at radius 1 is 1.40 bits per heavy atom. The largest absolute Gasteiger partial charge is 0.508 e. The standard InChI is InChI=1S/C11H14ClNO2/c1-11(2,10(15)13-3)7-4-8(12)6-9(14)5-7/h4-6,14H,1-3H3,(H,13,15). The lowest BCUT2D eigenvalue weighted by Gasteiger charge is -2.23. The molecule has 0 unspecified atom stereocenters. The fourth-order valence-electron chi connectivity index (χ4n) is 1.38. The first-order valence-corrected chi connectivity index (χ1v) is 4.98. The van der Waals surface area contributed by atoms with Crippen LogP contribution in [-0.2, 0) is 10.2 Å². The number of amides is 1. The van der Waals surface area contributed by atoms with E-state index in [0.29, 0.717) is 10.6 Å². The molecule has 1 aromatic carbocycles. The van der Waals surface area contributed by atoms with Gasteiger partial charge in [0.15, 0.2) is 0 Å². The third-order valence-corrected chi connectivity index (χ3v) is 2.62. The van der Waals surface area contributed by atoms with Crippen LogP contribution in [0.15, 0.2) is 18.2 Å². The zero-order valence-corrected chi connectivity index (χ0v) is 9.72. The van der Waals surface area contributed by atoms with Crippen molar-refractivity contribution in [1.82, 2.24) is 5.32 Å². The van der Waals surface area contributed by atoms with E-state index in [4.69, 9.17) is 11.6 Å². The molecule has 0 saturated heterocycles. The summed E-state index contributed by atoms with van der Waals surface area (Å²) in [7, 11) is 1.58. The van der Waals surface area contributed by atoms with Crippen LogP contribution in [0.3, 0.4) is 0 Å². The molecule has 1 amide bonds. The minimum atomic E-state index is -0.711. The highest BCUT2D eigenvalue weighted by molar-refractivity contribution is 6.30. The quantitative estimate of drug-likeness (QED) is 0.813. The van der Waals surface area contributed by atoms with Crippen molar-refractivity contribution in [2.24, 2.45) is 0 Å². The fourth-order valence-corrected chi connectivity index (χ4v) is 1.61. The molecule has 0 radical (unpaired) electrons. The van der Waals surface area contributed by atoms with Crippen molar-refractivity contribution in [2.75, 3.05) is 7.05 Å². The van der Waals surface area contributed by atoms with E-state index in [1.54, 1.807) is 33.0 Å². The third kappa shape index (κ3) is 2.42. The lowest BCUT2D eigenvalue weighted by molar-refractivity contribution is -0.125. The summed E-state index contributed by atoms with van der Waals surface area (Å²) in [5, 5.41) is 12.4. The zero-order chi connectivity index (χ0) is 11.6. The van der Waals surface area contributed by atoms with E-state index in [9.17, 15) is 9.90 Å². The van der Waals surface area contributed by atoms with Gasteiger partial charge in [0.05, 0.1) is 5.41 Å². The molecule has 0 aliphatic heterocycles. The zero-order valence-electron chi connectivity index (χ0n) is 8.97. The molecule has 0 aliphatic rings. The van der Waals surface area contributed by atoms with E-state index in [2.05, 4.69) is 5.32 Å². The average molecular weight is 228 g/mol. The predicted molar refractivity (Wildman–Crippen MR) is 60.2 cm³/mol. The number of hydrogen-bond acceptors (Lipinski definition) is 2. The van der Waals surface area contributed by atoms with Gasteiger partial charge in [0, 0.05) is 12.1 Å². The molecule has 0 spiro atoms. The second-order valence-corrected chi connectivity index (χ2v) is 4.34. The summed E-state index contributed by atoms with van der Waals surface area (Å²) in [6, 6.07) is 4.66. The maximum Gasteiger partial charge on any atom is 0.229 e. The predicted octanol–water partition coefficient (Wildman–Crippen LogP) is 2.07. The minimum absolute atomic E-state index is 0.0643. The molecule has 0 atom stereocenters. The van der Waals surface area contributed by atoms with Gasteiger partial charge in [-0.05, 0) is 37.6 Å². The highest BCUT2D eigenvalue weighted by Gasteiger charge is 2.29. The lowest BCUT2D eigenvalue weighted by atomic mass is 9.83. The second-order valence-electron chi connectivity index (χ2n) is 3.90. The third-order valence-electron chi connectivity index (χ3n) is 2.40. The number of nitrogens with one attached hydrogen (secondary N) is 1. The van der Waals surface area contributed by atoms with Crippen molar-refractivity contribution in [3.63, 3.8) is 0 Å². The lowest BCUT2D eigenvalue weighted by Crippen LogP contribution is -2.37. The Morgan fingerprint density at radius 2 is 2.00 bits per heavy atom. The highest BCUT2D eigenvalue weighted by Crippen LogP contribution is 2.29. The molecule has 0 fully saturated rings. The molecule has 0 aliphatic carbocycles. The maximum atomic E-state index is 11.6. The van der Waals surface area contributed by atoms with Gasteiger partial charge in [-0.1, -0.05) is 11.6 Å². The van der Waals surface area contributed by atoms with E-state index < -0.39 is 5.41 Å². The van der Waals surface area contributed by atoms with Crippen molar-refractivity contribution in [3.05, 3.63) is 28.8 Å². The molecule has 2 N–H and O–H groups in total. The number of aromatic hydroxyl groups is 1. The van der Waals surface area contributed by atoms with Gasteiger partial charge in [0.25, 0.3) is 0 Å². The summed E-state index contributed by atoms with van der Waals surface area (Å²) in [6.45, 7) is 3.55. The van der Waals surface area contributed by atoms with Crippen LogP contribution in [0, 0.1) is 0 Å². The molecule has 1 rings (SSSR count). The summed E-state index contributed by atoms with van der Waals surface area (Å²) < 4.78 is 0. The Labute approximate surface area is 94.1 Å². The van der Waals surface area contributed by atoms with Crippen molar-refractivity contribution in [3.8, 4) is 5.75 Å². The van der Waals surface area contributed by atoms with E-state index in [0.717, 1.165) is 0 Å². The smallest absolute Gasteiger partial charge is 0.229 e. The molecule has 0 bridgehead atoms. The Bertz CT molecular complexity index is 368. The van der Waals surface area contributed by atoms with Gasteiger partial charge in [0.1, 0.15) is 5.75 Å². The van der Waals surface area contributed by atoms with Crippen LogP contribution in [0.4, 0.5) is 0 Å². The Kier molecular flexibility index (Phi) is 3.25. The highest BCUT2D eigenvalue weighted by atomic mass is 35.5. The monoisotopic (exact) mass is 227 g/mol. The number of carbonyl (C=O) groups excluding carboxylic acids is 1. The van der Waals surface area contributed by atoms with Crippen molar-refractivity contribution in [1.29, 1.82) is 0 Å². The van der Waals surface area contributed by atoms with Crippen molar-refractivity contribution in [2.45, 2.75) is 19.3 Å². The van der Waals surface area contributed by atoms with Gasteiger partial charge < -0.3 is 10.4 Å². The van der Waals surface area contributed by atoms with Gasteiger partial charge in [-0.2, -0.15) is 0 Å². The van der Waals surface area contributed by atoms with Crippen LogP contribution in [0.5, 0.6) is 5.75 Å². The van der Waals surface area contributed by atoms with Crippen LogP contribution >= 0.6 is 11.6 Å². The number of benzene rings is 1. The maximum absolute atomic E-state index is 11.6. The molecular formula is C11H14ClNO2. The first-order chi connectivity index (χ1) is 6.87. The average Bonchev–Trinajstić information content (AvgIpc) is 2.15. The number of carbonyl (C=O) groups is 1. The van der Waals surface area contributed by atoms with E-state index in [1.165, 1.54) is 6.07 Å². The van der Waals surface area contributed by atoms with E-state index in [-0.39, 0.29) is 11.7 Å². The van der Waals surface area contributed by atoms with Gasteiger partial charge in [0.2, 0.25) is 5.91 Å². The van der Waals surface area contributed by atoms with Crippen molar-refractivity contribution >= 4 is 17.5 Å². The van der Waals surface area contributed by atoms with Crippen molar-refractivity contribution < 1.29 is 9.90 Å². The van der Waals surface area contributed by atoms with Gasteiger partial charge in [-0.25, -0.2) is 0 Å². The van der Waals surface area contributed by atoms with E-state index >= 15 is 0 Å². The van der Waals surface area contributed by atoms with Crippen LogP contribution in [-0.4, -0.2) is 18.1 Å². The van der Waals surface area contributed by atoms with Gasteiger partial charge >= 0.3 is 0 Å². The molecule has 0 saturated carbocycles. The summed E-state index contributed by atoms with van der Waals surface area (Å²) >= 11 is 5.81. The van der Waals surface area contributed by atoms with Gasteiger partial charge in [-0.15, -0.1) is 0 Å². The summed E-state index contributed by atoms with van der Waals surface area (Å²) in [5.41, 5.74) is -0.0243. The normalized spacial score (nSPS) is 11.2. The van der Waals surface area contributed by atoms with Crippen LogP contribution in [0.1, 0.15) is 19.4 Å². The number of halogens is 1. The molecule has 4 heteroatoms. The first kappa shape index (κ1) is 11.9. The molecule has 3 nitrogen and oxygen atoms in total. The second kappa shape index (κ2) is 4.11. The molecule has 0 aromatic heterocycles. The Balaban J connectivity index is 3.20. The van der Waals surface area contributed by atoms with Crippen LogP contribution in [0.25, 0.3) is 0 Å². The molecular weight excluding hydrogens is 214 g/mol. The summed E-state index contributed by atoms with van der Waals surface area (Å²) in [4.78, 5) is 11.6. The number of phenolic OH excluding ortho intramolecular Hbond substituents is 1. The number of hydrogen-bond donors (Lipinski definition) is 2. The van der Waals surface area contributed by atoms with Crippen LogP contribution in [0.2, 0.25) is 5.02 Å². The molecule has 82 valence electrons. The molecule has 15 heavy (non-hydrogen) atoms. The van der Waals surface area contributed by atoms with E-state index in [1.807, 2.05) is 0 Å². The first-order valence-electron chi connectivity index (χ1n) is 4.60. The Hall–Kier alpha value is -1.22. The number of likely N-dealkylation sites (N-methyl/N-ethyl adjacent to an activating group) is 1. The summed E-state index contributed by atoms with van der Waals surface area (Å²) in [5.74, 6) is -0.0568. The number of phenols is 1. The Morgan fingerprint density at radius 3 is 2.47 bits per heavy atom. The minimum Gasteiger partial charge on any atom is -0.508 e. The SMILES string of the molecule is CNC(=O)C(C)(C)c1cc(O)cc(Cl)c1. The number of rotatable bonds is 2. The molecule has 1 aromatic rings. The molecule has 0 heterocycles.